The van der Waals surface area contributed by atoms with Crippen molar-refractivity contribution in [2.24, 2.45) is 7.05 Å². The van der Waals surface area contributed by atoms with Crippen LogP contribution in [0, 0.1) is 0 Å². The van der Waals surface area contributed by atoms with Gasteiger partial charge in [0.1, 0.15) is 5.82 Å². The molecular weight excluding hydrogens is 232 g/mol. The fourth-order valence-electron chi connectivity index (χ4n) is 1.69. The van der Waals surface area contributed by atoms with Crippen molar-refractivity contribution in [1.82, 2.24) is 34.8 Å². The van der Waals surface area contributed by atoms with E-state index in [9.17, 15) is 0 Å². The molecule has 0 spiro atoms. The Morgan fingerprint density at radius 2 is 2.22 bits per heavy atom. The molecule has 0 bridgehead atoms. The number of aromatic nitrogens is 7. The minimum atomic E-state index is 0.629. The molecule has 8 nitrogen and oxygen atoms in total. The first-order valence-electron chi connectivity index (χ1n) is 5.47. The maximum atomic E-state index is 4.31. The highest BCUT2D eigenvalue weighted by Gasteiger charge is 2.08. The third-order valence-corrected chi connectivity index (χ3v) is 2.75. The Hall–Kier alpha value is -2.51. The van der Waals surface area contributed by atoms with E-state index in [2.05, 4.69) is 25.6 Å². The van der Waals surface area contributed by atoms with Gasteiger partial charge in [-0.25, -0.2) is 4.98 Å². The summed E-state index contributed by atoms with van der Waals surface area (Å²) in [5, 5.41) is 15.5. The van der Waals surface area contributed by atoms with Crippen LogP contribution in [0.5, 0.6) is 0 Å². The van der Waals surface area contributed by atoms with Gasteiger partial charge in [-0.1, -0.05) is 0 Å². The summed E-state index contributed by atoms with van der Waals surface area (Å²) in [6.45, 7) is 0.671. The van der Waals surface area contributed by atoms with Crippen molar-refractivity contribution in [3.05, 3.63) is 30.4 Å². The van der Waals surface area contributed by atoms with Gasteiger partial charge in [0.05, 0.1) is 6.54 Å². The predicted molar refractivity (Wildman–Crippen MR) is 63.9 cm³/mol. The van der Waals surface area contributed by atoms with E-state index in [0.29, 0.717) is 12.2 Å². The van der Waals surface area contributed by atoms with Crippen molar-refractivity contribution in [1.29, 1.82) is 0 Å². The quantitative estimate of drug-likeness (QED) is 0.639. The molecule has 0 unspecified atom stereocenters. The molecule has 0 fully saturated rings. The Morgan fingerprint density at radius 3 is 3.00 bits per heavy atom. The standard InChI is InChI=1S/C10H12N8/c1-16-6-5-11-10(16)7-17(2)9-4-3-8-12-14-15-18(8)13-9/h3-6H,7H2,1-2H3. The molecule has 0 aliphatic heterocycles. The van der Waals surface area contributed by atoms with Crippen molar-refractivity contribution in [3.8, 4) is 0 Å². The number of fused-ring (bicyclic) bond motifs is 1. The van der Waals surface area contributed by atoms with Crippen molar-refractivity contribution < 1.29 is 0 Å². The van der Waals surface area contributed by atoms with E-state index in [-0.39, 0.29) is 0 Å². The molecule has 0 aromatic carbocycles. The highest BCUT2D eigenvalue weighted by molar-refractivity contribution is 5.43. The van der Waals surface area contributed by atoms with E-state index in [4.69, 9.17) is 0 Å². The second-order valence-corrected chi connectivity index (χ2v) is 4.03. The van der Waals surface area contributed by atoms with Crippen LogP contribution < -0.4 is 4.90 Å². The van der Waals surface area contributed by atoms with Gasteiger partial charge in [-0.2, -0.15) is 0 Å². The first kappa shape index (κ1) is 10.6. The van der Waals surface area contributed by atoms with Crippen molar-refractivity contribution in [3.63, 3.8) is 0 Å². The number of rotatable bonds is 3. The Bertz CT molecular complexity index is 669. The normalized spacial score (nSPS) is 11.0. The lowest BCUT2D eigenvalue weighted by Crippen LogP contribution is -2.21. The summed E-state index contributed by atoms with van der Waals surface area (Å²) < 4.78 is 3.39. The lowest BCUT2D eigenvalue weighted by Gasteiger charge is -2.17. The average Bonchev–Trinajstić information content (AvgIpc) is 2.98. The van der Waals surface area contributed by atoms with Crippen molar-refractivity contribution >= 4 is 11.5 Å². The van der Waals surface area contributed by atoms with Gasteiger partial charge in [0.2, 0.25) is 0 Å². The molecule has 3 heterocycles. The molecule has 8 heteroatoms. The fourth-order valence-corrected chi connectivity index (χ4v) is 1.69. The first-order chi connectivity index (χ1) is 8.74. The molecule has 92 valence electrons. The molecule has 18 heavy (non-hydrogen) atoms. The Kier molecular flexibility index (Phi) is 2.40. The van der Waals surface area contributed by atoms with Gasteiger partial charge in [0.15, 0.2) is 11.5 Å². The lowest BCUT2D eigenvalue weighted by atomic mass is 10.4. The lowest BCUT2D eigenvalue weighted by molar-refractivity contribution is 0.705. The van der Waals surface area contributed by atoms with Crippen molar-refractivity contribution in [2.75, 3.05) is 11.9 Å². The zero-order valence-electron chi connectivity index (χ0n) is 10.1. The fraction of sp³-hybridized carbons (Fsp3) is 0.300. The molecule has 3 rings (SSSR count). The van der Waals surface area contributed by atoms with Gasteiger partial charge in [0.25, 0.3) is 0 Å². The summed E-state index contributed by atoms with van der Waals surface area (Å²) in [4.78, 5) is 6.27. The van der Waals surface area contributed by atoms with Crippen LogP contribution in [0.4, 0.5) is 5.82 Å². The molecule has 0 saturated heterocycles. The first-order valence-corrected chi connectivity index (χ1v) is 5.47. The average molecular weight is 244 g/mol. The molecule has 0 aliphatic rings. The zero-order chi connectivity index (χ0) is 12.5. The third kappa shape index (κ3) is 1.77. The van der Waals surface area contributed by atoms with Gasteiger partial charge in [-0.3, -0.25) is 0 Å². The van der Waals surface area contributed by atoms with Crippen LogP contribution in [0.15, 0.2) is 24.5 Å². The second kappa shape index (κ2) is 4.06. The molecular formula is C10H12N8. The number of tetrazole rings is 1. The smallest absolute Gasteiger partial charge is 0.200 e. The van der Waals surface area contributed by atoms with Crippen LogP contribution in [0.3, 0.4) is 0 Å². The van der Waals surface area contributed by atoms with Crippen LogP contribution in [-0.2, 0) is 13.6 Å². The molecule has 0 atom stereocenters. The molecule has 3 aromatic heterocycles. The highest BCUT2D eigenvalue weighted by atomic mass is 15.6. The van der Waals surface area contributed by atoms with Crippen LogP contribution in [0.1, 0.15) is 5.82 Å². The van der Waals surface area contributed by atoms with E-state index in [1.54, 1.807) is 6.20 Å². The summed E-state index contributed by atoms with van der Waals surface area (Å²) in [6.07, 6.45) is 3.70. The number of imidazole rings is 1. The summed E-state index contributed by atoms with van der Waals surface area (Å²) >= 11 is 0. The third-order valence-electron chi connectivity index (χ3n) is 2.75. The largest absolute Gasteiger partial charge is 0.351 e. The van der Waals surface area contributed by atoms with Crippen LogP contribution in [-0.4, -0.2) is 41.9 Å². The number of nitrogens with zero attached hydrogens (tertiary/aromatic N) is 8. The summed E-state index contributed by atoms with van der Waals surface area (Å²) in [5.41, 5.74) is 0.629. The highest BCUT2D eigenvalue weighted by Crippen LogP contribution is 2.11. The van der Waals surface area contributed by atoms with Gasteiger partial charge in [-0.15, -0.1) is 14.8 Å². The van der Waals surface area contributed by atoms with Crippen LogP contribution >= 0.6 is 0 Å². The number of aryl methyl sites for hydroxylation is 1. The number of hydrogen-bond acceptors (Lipinski definition) is 6. The van der Waals surface area contributed by atoms with E-state index in [1.165, 1.54) is 4.63 Å². The molecule has 0 N–H and O–H groups in total. The Labute approximate surface area is 103 Å². The minimum Gasteiger partial charge on any atom is -0.351 e. The summed E-state index contributed by atoms with van der Waals surface area (Å²) in [6, 6.07) is 3.71. The van der Waals surface area contributed by atoms with E-state index in [1.807, 2.05) is 41.9 Å². The van der Waals surface area contributed by atoms with Gasteiger partial charge < -0.3 is 9.47 Å². The van der Waals surface area contributed by atoms with Crippen molar-refractivity contribution in [2.45, 2.75) is 6.54 Å². The van der Waals surface area contributed by atoms with E-state index in [0.717, 1.165) is 11.6 Å². The molecule has 0 amide bonds. The maximum absolute atomic E-state index is 4.31. The predicted octanol–water partition coefficient (Wildman–Crippen LogP) is -0.111. The topological polar surface area (TPSA) is 77.0 Å². The minimum absolute atomic E-state index is 0.629. The maximum Gasteiger partial charge on any atom is 0.200 e. The number of hydrogen-bond donors (Lipinski definition) is 0. The van der Waals surface area contributed by atoms with Crippen LogP contribution in [0.25, 0.3) is 5.65 Å². The molecule has 3 aromatic rings. The van der Waals surface area contributed by atoms with Gasteiger partial charge in [0, 0.05) is 26.5 Å². The molecule has 0 aliphatic carbocycles. The Balaban J connectivity index is 1.87. The van der Waals surface area contributed by atoms with E-state index >= 15 is 0 Å². The zero-order valence-corrected chi connectivity index (χ0v) is 10.1. The second-order valence-electron chi connectivity index (χ2n) is 4.03. The van der Waals surface area contributed by atoms with Gasteiger partial charge in [-0.05, 0) is 22.6 Å². The summed E-state index contributed by atoms with van der Waals surface area (Å²) in [5.74, 6) is 1.76. The number of anilines is 1. The SMILES string of the molecule is CN(Cc1nccn1C)c1ccc2nnnn2n1. The molecule has 0 saturated carbocycles. The monoisotopic (exact) mass is 244 g/mol. The van der Waals surface area contributed by atoms with E-state index < -0.39 is 0 Å². The van der Waals surface area contributed by atoms with Gasteiger partial charge >= 0.3 is 0 Å². The molecule has 0 radical (unpaired) electrons. The van der Waals surface area contributed by atoms with Crippen LogP contribution in [0.2, 0.25) is 0 Å². The summed E-state index contributed by atoms with van der Waals surface area (Å²) in [7, 11) is 3.92. The Morgan fingerprint density at radius 1 is 1.33 bits per heavy atom.